The number of thiophene rings is 2. The molecule has 0 spiro atoms. The third-order valence-corrected chi connectivity index (χ3v) is 4.82. The first-order chi connectivity index (χ1) is 8.20. The Balaban J connectivity index is 2.24. The van der Waals surface area contributed by atoms with Crippen molar-refractivity contribution in [2.24, 2.45) is 0 Å². The molecule has 0 fully saturated rings. The highest BCUT2D eigenvalue weighted by molar-refractivity contribution is 7.13. The van der Waals surface area contributed by atoms with E-state index in [1.807, 2.05) is 22.7 Å². The lowest BCUT2D eigenvalue weighted by Gasteiger charge is -2.15. The summed E-state index contributed by atoms with van der Waals surface area (Å²) in [6.07, 6.45) is 1.17. The third kappa shape index (κ3) is 3.18. The van der Waals surface area contributed by atoms with Crippen LogP contribution in [0.1, 0.15) is 38.9 Å². The van der Waals surface area contributed by atoms with Gasteiger partial charge in [0.15, 0.2) is 0 Å². The van der Waals surface area contributed by atoms with Crippen molar-refractivity contribution in [1.82, 2.24) is 5.32 Å². The average molecular weight is 265 g/mol. The van der Waals surface area contributed by atoms with E-state index in [1.165, 1.54) is 25.9 Å². The third-order valence-electron chi connectivity index (χ3n) is 2.69. The number of aryl methyl sites for hydroxylation is 2. The van der Waals surface area contributed by atoms with Crippen molar-refractivity contribution in [2.75, 3.05) is 6.54 Å². The van der Waals surface area contributed by atoms with Crippen LogP contribution in [0, 0.1) is 13.8 Å². The van der Waals surface area contributed by atoms with Gasteiger partial charge in [-0.05, 0) is 51.1 Å². The first-order valence-electron chi connectivity index (χ1n) is 6.06. The molecule has 0 aromatic carbocycles. The van der Waals surface area contributed by atoms with Crippen LogP contribution in [-0.2, 0) is 0 Å². The number of rotatable bonds is 5. The van der Waals surface area contributed by atoms with Gasteiger partial charge in [-0.2, -0.15) is 0 Å². The highest BCUT2D eigenvalue weighted by Crippen LogP contribution is 2.32. The predicted octanol–water partition coefficient (Wildman–Crippen LogP) is 4.52. The van der Waals surface area contributed by atoms with Crippen molar-refractivity contribution >= 4 is 22.7 Å². The molecule has 2 aromatic rings. The molecule has 92 valence electrons. The quantitative estimate of drug-likeness (QED) is 0.838. The second kappa shape index (κ2) is 5.80. The van der Waals surface area contributed by atoms with Crippen LogP contribution in [-0.4, -0.2) is 6.54 Å². The van der Waals surface area contributed by atoms with E-state index in [1.54, 1.807) is 0 Å². The van der Waals surface area contributed by atoms with Gasteiger partial charge < -0.3 is 5.32 Å². The molecule has 0 aliphatic rings. The summed E-state index contributed by atoms with van der Waals surface area (Å²) in [5, 5.41) is 3.65. The van der Waals surface area contributed by atoms with E-state index in [4.69, 9.17) is 0 Å². The minimum Gasteiger partial charge on any atom is -0.305 e. The van der Waals surface area contributed by atoms with E-state index in [0.717, 1.165) is 6.54 Å². The fourth-order valence-corrected chi connectivity index (χ4v) is 3.87. The maximum absolute atomic E-state index is 3.65. The maximum atomic E-state index is 3.65. The fraction of sp³-hybridized carbons (Fsp3) is 0.429. The molecule has 2 aromatic heterocycles. The van der Waals surface area contributed by atoms with Crippen molar-refractivity contribution < 1.29 is 0 Å². The van der Waals surface area contributed by atoms with E-state index in [-0.39, 0.29) is 0 Å². The summed E-state index contributed by atoms with van der Waals surface area (Å²) in [5.41, 5.74) is 0. The monoisotopic (exact) mass is 265 g/mol. The lowest BCUT2D eigenvalue weighted by Crippen LogP contribution is -2.21. The van der Waals surface area contributed by atoms with Gasteiger partial charge in [0.1, 0.15) is 0 Å². The zero-order valence-electron chi connectivity index (χ0n) is 10.6. The van der Waals surface area contributed by atoms with E-state index in [2.05, 4.69) is 50.4 Å². The molecule has 1 N–H and O–H groups in total. The smallest absolute Gasteiger partial charge is 0.0765 e. The molecular weight excluding hydrogens is 246 g/mol. The number of nitrogens with one attached hydrogen (secondary N) is 1. The summed E-state index contributed by atoms with van der Waals surface area (Å²) >= 11 is 3.79. The van der Waals surface area contributed by atoms with Crippen LogP contribution < -0.4 is 5.32 Å². The van der Waals surface area contributed by atoms with Crippen LogP contribution >= 0.6 is 22.7 Å². The lowest BCUT2D eigenvalue weighted by molar-refractivity contribution is 0.613. The summed E-state index contributed by atoms with van der Waals surface area (Å²) in [6.45, 7) is 7.62. The van der Waals surface area contributed by atoms with Gasteiger partial charge in [-0.25, -0.2) is 0 Å². The second-order valence-corrected chi connectivity index (χ2v) is 6.92. The van der Waals surface area contributed by atoms with Crippen molar-refractivity contribution in [3.8, 4) is 0 Å². The summed E-state index contributed by atoms with van der Waals surface area (Å²) in [5.74, 6) is 0. The minimum absolute atomic E-state index is 0.382. The van der Waals surface area contributed by atoms with Gasteiger partial charge in [-0.3, -0.25) is 0 Å². The molecule has 17 heavy (non-hydrogen) atoms. The van der Waals surface area contributed by atoms with Gasteiger partial charge in [-0.15, -0.1) is 22.7 Å². The van der Waals surface area contributed by atoms with Gasteiger partial charge in [-0.1, -0.05) is 6.92 Å². The summed E-state index contributed by atoms with van der Waals surface area (Å²) in [6, 6.07) is 9.31. The van der Waals surface area contributed by atoms with Crippen LogP contribution in [0.4, 0.5) is 0 Å². The lowest BCUT2D eigenvalue weighted by atomic mass is 10.2. The summed E-state index contributed by atoms with van der Waals surface area (Å²) in [7, 11) is 0. The standard InChI is InChI=1S/C14H19NS2/c1-4-9-15-14(12-7-5-10(2)16-12)13-8-6-11(3)17-13/h5-8,14-15H,4,9H2,1-3H3. The second-order valence-electron chi connectivity index (χ2n) is 4.28. The Hall–Kier alpha value is -0.640. The van der Waals surface area contributed by atoms with E-state index < -0.39 is 0 Å². The average Bonchev–Trinajstić information content (AvgIpc) is 2.89. The molecule has 0 aliphatic heterocycles. The Morgan fingerprint density at radius 3 is 1.88 bits per heavy atom. The summed E-state index contributed by atoms with van der Waals surface area (Å²) < 4.78 is 0. The Morgan fingerprint density at radius 1 is 1.00 bits per heavy atom. The van der Waals surface area contributed by atoms with Gasteiger partial charge in [0.25, 0.3) is 0 Å². The topological polar surface area (TPSA) is 12.0 Å². The molecular formula is C14H19NS2. The normalized spacial score (nSPS) is 11.3. The van der Waals surface area contributed by atoms with Gasteiger partial charge in [0.05, 0.1) is 6.04 Å². The molecule has 3 heteroatoms. The zero-order chi connectivity index (χ0) is 12.3. The SMILES string of the molecule is CCCNC(c1ccc(C)s1)c1ccc(C)s1. The molecule has 0 amide bonds. The molecule has 2 rings (SSSR count). The molecule has 2 heterocycles. The molecule has 0 radical (unpaired) electrons. The van der Waals surface area contributed by atoms with Crippen LogP contribution in [0.2, 0.25) is 0 Å². The Morgan fingerprint density at radius 2 is 1.53 bits per heavy atom. The maximum Gasteiger partial charge on any atom is 0.0765 e. The van der Waals surface area contributed by atoms with E-state index >= 15 is 0 Å². The van der Waals surface area contributed by atoms with Crippen molar-refractivity contribution in [1.29, 1.82) is 0 Å². The Kier molecular flexibility index (Phi) is 4.37. The fourth-order valence-electron chi connectivity index (χ4n) is 1.85. The molecule has 0 bridgehead atoms. The van der Waals surface area contributed by atoms with Gasteiger partial charge in [0, 0.05) is 19.5 Å². The molecule has 0 saturated heterocycles. The minimum atomic E-state index is 0.382. The van der Waals surface area contributed by atoms with Crippen molar-refractivity contribution in [3.63, 3.8) is 0 Å². The van der Waals surface area contributed by atoms with Crippen LogP contribution in [0.15, 0.2) is 24.3 Å². The van der Waals surface area contributed by atoms with Gasteiger partial charge >= 0.3 is 0 Å². The molecule has 0 unspecified atom stereocenters. The van der Waals surface area contributed by atoms with E-state index in [9.17, 15) is 0 Å². The van der Waals surface area contributed by atoms with Crippen LogP contribution in [0.3, 0.4) is 0 Å². The number of hydrogen-bond acceptors (Lipinski definition) is 3. The molecule has 0 saturated carbocycles. The zero-order valence-corrected chi connectivity index (χ0v) is 12.3. The largest absolute Gasteiger partial charge is 0.305 e. The van der Waals surface area contributed by atoms with Crippen LogP contribution in [0.25, 0.3) is 0 Å². The first kappa shape index (κ1) is 12.8. The highest BCUT2D eigenvalue weighted by Gasteiger charge is 2.16. The number of hydrogen-bond donors (Lipinski definition) is 1. The molecule has 0 atom stereocenters. The Labute approximate surface area is 112 Å². The molecule has 1 nitrogen and oxygen atoms in total. The highest BCUT2D eigenvalue weighted by atomic mass is 32.1. The summed E-state index contributed by atoms with van der Waals surface area (Å²) in [4.78, 5) is 5.63. The van der Waals surface area contributed by atoms with Crippen molar-refractivity contribution in [3.05, 3.63) is 43.8 Å². The Bertz CT molecular complexity index is 430. The predicted molar refractivity (Wildman–Crippen MR) is 78.2 cm³/mol. The van der Waals surface area contributed by atoms with Crippen molar-refractivity contribution in [2.45, 2.75) is 33.2 Å². The first-order valence-corrected chi connectivity index (χ1v) is 7.70. The molecule has 0 aliphatic carbocycles. The van der Waals surface area contributed by atoms with E-state index in [0.29, 0.717) is 6.04 Å². The van der Waals surface area contributed by atoms with Gasteiger partial charge in [0.2, 0.25) is 0 Å². The van der Waals surface area contributed by atoms with Crippen LogP contribution in [0.5, 0.6) is 0 Å².